The molecule has 0 saturated carbocycles. The van der Waals surface area contributed by atoms with E-state index in [0.717, 1.165) is 19.5 Å². The van der Waals surface area contributed by atoms with Gasteiger partial charge in [0, 0.05) is 13.1 Å². The van der Waals surface area contributed by atoms with Crippen LogP contribution in [0.15, 0.2) is 42.5 Å². The van der Waals surface area contributed by atoms with Gasteiger partial charge in [0.05, 0.1) is 6.54 Å². The van der Waals surface area contributed by atoms with Crippen LogP contribution < -0.4 is 5.32 Å². The molecule has 1 unspecified atom stereocenters. The van der Waals surface area contributed by atoms with Crippen molar-refractivity contribution < 1.29 is 13.2 Å². The second kappa shape index (κ2) is 6.89. The maximum Gasteiger partial charge on any atom is 0.401 e. The number of nitrogens with one attached hydrogen (secondary N) is 1. The Kier molecular flexibility index (Phi) is 4.87. The number of hydrogen-bond donors (Lipinski definition) is 1. The van der Waals surface area contributed by atoms with Crippen molar-refractivity contribution in [1.29, 1.82) is 0 Å². The zero-order valence-corrected chi connectivity index (χ0v) is 12.9. The second-order valence-corrected chi connectivity index (χ2v) is 6.27. The predicted octanol–water partition coefficient (Wildman–Crippen LogP) is 3.81. The van der Waals surface area contributed by atoms with Gasteiger partial charge in [-0.2, -0.15) is 13.2 Å². The smallest absolute Gasteiger partial charge is 0.312 e. The minimum Gasteiger partial charge on any atom is -0.312 e. The molecule has 0 aliphatic carbocycles. The van der Waals surface area contributed by atoms with Crippen molar-refractivity contribution >= 4 is 10.8 Å². The molecule has 5 heteroatoms. The van der Waals surface area contributed by atoms with E-state index in [-0.39, 0.29) is 0 Å². The number of likely N-dealkylation sites (tertiary alicyclic amines) is 1. The number of hydrogen-bond acceptors (Lipinski definition) is 2. The lowest BCUT2D eigenvalue weighted by molar-refractivity contribution is -0.143. The van der Waals surface area contributed by atoms with E-state index >= 15 is 0 Å². The summed E-state index contributed by atoms with van der Waals surface area (Å²) >= 11 is 0. The Morgan fingerprint density at radius 1 is 1.09 bits per heavy atom. The molecule has 0 spiro atoms. The van der Waals surface area contributed by atoms with Crippen molar-refractivity contribution in [3.8, 4) is 0 Å². The summed E-state index contributed by atoms with van der Waals surface area (Å²) in [5.41, 5.74) is 1.23. The third-order valence-electron chi connectivity index (χ3n) is 4.40. The second-order valence-electron chi connectivity index (χ2n) is 6.27. The zero-order chi connectivity index (χ0) is 16.3. The summed E-state index contributed by atoms with van der Waals surface area (Å²) in [6.45, 7) is 1.80. The summed E-state index contributed by atoms with van der Waals surface area (Å²) in [7, 11) is 0. The number of alkyl halides is 3. The highest BCUT2D eigenvalue weighted by atomic mass is 19.4. The van der Waals surface area contributed by atoms with Crippen LogP contribution in [0.3, 0.4) is 0 Å². The Bertz CT molecular complexity index is 649. The average molecular weight is 322 g/mol. The van der Waals surface area contributed by atoms with Crippen LogP contribution in [-0.4, -0.2) is 37.3 Å². The third-order valence-corrected chi connectivity index (χ3v) is 4.40. The van der Waals surface area contributed by atoms with E-state index < -0.39 is 12.7 Å². The molecule has 1 fully saturated rings. The van der Waals surface area contributed by atoms with Crippen molar-refractivity contribution in [2.24, 2.45) is 5.92 Å². The maximum absolute atomic E-state index is 12.4. The number of benzene rings is 2. The molecule has 1 N–H and O–H groups in total. The fourth-order valence-electron chi connectivity index (χ4n) is 3.33. The van der Waals surface area contributed by atoms with E-state index in [1.54, 1.807) is 0 Å². The minimum absolute atomic E-state index is 0.298. The van der Waals surface area contributed by atoms with Crippen LogP contribution in [0.5, 0.6) is 0 Å². The van der Waals surface area contributed by atoms with E-state index in [0.29, 0.717) is 19.0 Å². The first-order valence-electron chi connectivity index (χ1n) is 7.98. The molecule has 1 atom stereocenters. The third kappa shape index (κ3) is 4.45. The quantitative estimate of drug-likeness (QED) is 0.900. The molecule has 2 aromatic carbocycles. The SMILES string of the molecule is FC(F)(F)CN1CCC(CNCc2cccc3ccccc23)C1. The predicted molar refractivity (Wildman–Crippen MR) is 86.3 cm³/mol. The van der Waals surface area contributed by atoms with E-state index in [1.807, 2.05) is 18.2 Å². The Hall–Kier alpha value is -1.59. The number of rotatable bonds is 5. The molecule has 0 amide bonds. The Labute approximate surface area is 134 Å². The monoisotopic (exact) mass is 322 g/mol. The number of nitrogens with zero attached hydrogens (tertiary/aromatic N) is 1. The molecule has 0 radical (unpaired) electrons. The molecule has 2 nitrogen and oxygen atoms in total. The van der Waals surface area contributed by atoms with Gasteiger partial charge in [-0.1, -0.05) is 42.5 Å². The van der Waals surface area contributed by atoms with Gasteiger partial charge in [-0.25, -0.2) is 0 Å². The summed E-state index contributed by atoms with van der Waals surface area (Å²) in [6, 6.07) is 14.5. The zero-order valence-electron chi connectivity index (χ0n) is 12.9. The van der Waals surface area contributed by atoms with E-state index in [2.05, 4.69) is 29.6 Å². The van der Waals surface area contributed by atoms with Crippen molar-refractivity contribution in [2.75, 3.05) is 26.2 Å². The fraction of sp³-hybridized carbons (Fsp3) is 0.444. The minimum atomic E-state index is -4.09. The molecule has 2 aromatic rings. The molecule has 1 aliphatic heterocycles. The standard InChI is InChI=1S/C18H21F3N2/c19-18(20,21)13-23-9-8-14(12-23)10-22-11-16-6-3-5-15-4-1-2-7-17(15)16/h1-7,14,22H,8-13H2. The van der Waals surface area contributed by atoms with Crippen molar-refractivity contribution in [1.82, 2.24) is 10.2 Å². The van der Waals surface area contributed by atoms with Gasteiger partial charge in [-0.3, -0.25) is 4.90 Å². The van der Waals surface area contributed by atoms with Gasteiger partial charge in [0.2, 0.25) is 0 Å². The van der Waals surface area contributed by atoms with Crippen LogP contribution in [0.4, 0.5) is 13.2 Å². The first kappa shape index (κ1) is 16.3. The van der Waals surface area contributed by atoms with Crippen molar-refractivity contribution in [2.45, 2.75) is 19.1 Å². The van der Waals surface area contributed by atoms with Crippen LogP contribution in [0, 0.1) is 5.92 Å². The lowest BCUT2D eigenvalue weighted by Crippen LogP contribution is -2.33. The number of halogens is 3. The van der Waals surface area contributed by atoms with Crippen molar-refractivity contribution in [3.63, 3.8) is 0 Å². The van der Waals surface area contributed by atoms with Gasteiger partial charge in [-0.05, 0) is 41.8 Å². The van der Waals surface area contributed by atoms with E-state index in [4.69, 9.17) is 0 Å². The van der Waals surface area contributed by atoms with E-state index in [9.17, 15) is 13.2 Å². The lowest BCUT2D eigenvalue weighted by Gasteiger charge is -2.18. The Morgan fingerprint density at radius 2 is 1.87 bits per heavy atom. The number of fused-ring (bicyclic) bond motifs is 1. The van der Waals surface area contributed by atoms with Crippen LogP contribution in [0.25, 0.3) is 10.8 Å². The molecule has 0 aromatic heterocycles. The van der Waals surface area contributed by atoms with Gasteiger partial charge >= 0.3 is 6.18 Å². The summed E-state index contributed by atoms with van der Waals surface area (Å²) in [5, 5.41) is 5.85. The van der Waals surface area contributed by atoms with Gasteiger partial charge < -0.3 is 5.32 Å². The van der Waals surface area contributed by atoms with Gasteiger partial charge in [0.25, 0.3) is 0 Å². The van der Waals surface area contributed by atoms with E-state index in [1.165, 1.54) is 21.2 Å². The Morgan fingerprint density at radius 3 is 2.70 bits per heavy atom. The average Bonchev–Trinajstić information content (AvgIpc) is 2.93. The normalized spacial score (nSPS) is 19.5. The molecule has 1 aliphatic rings. The summed E-state index contributed by atoms with van der Waals surface area (Å²) in [5.74, 6) is 0.298. The molecule has 124 valence electrons. The maximum atomic E-state index is 12.4. The molecule has 23 heavy (non-hydrogen) atoms. The molecule has 1 saturated heterocycles. The van der Waals surface area contributed by atoms with Crippen LogP contribution in [0.1, 0.15) is 12.0 Å². The van der Waals surface area contributed by atoms with Gasteiger partial charge in [0.15, 0.2) is 0 Å². The first-order chi connectivity index (χ1) is 11.0. The summed E-state index contributed by atoms with van der Waals surface area (Å²) < 4.78 is 37.2. The highest BCUT2D eigenvalue weighted by Crippen LogP contribution is 2.23. The first-order valence-corrected chi connectivity index (χ1v) is 7.98. The lowest BCUT2D eigenvalue weighted by atomic mass is 10.0. The highest BCUT2D eigenvalue weighted by molar-refractivity contribution is 5.85. The van der Waals surface area contributed by atoms with Crippen LogP contribution in [0.2, 0.25) is 0 Å². The van der Waals surface area contributed by atoms with Crippen LogP contribution >= 0.6 is 0 Å². The molecule has 0 bridgehead atoms. The van der Waals surface area contributed by atoms with Gasteiger partial charge in [-0.15, -0.1) is 0 Å². The largest absolute Gasteiger partial charge is 0.401 e. The topological polar surface area (TPSA) is 15.3 Å². The fourth-order valence-corrected chi connectivity index (χ4v) is 3.33. The molecular formula is C18H21F3N2. The Balaban J connectivity index is 1.50. The van der Waals surface area contributed by atoms with Crippen LogP contribution in [-0.2, 0) is 6.54 Å². The summed E-state index contributed by atoms with van der Waals surface area (Å²) in [6.07, 6.45) is -3.26. The molecule has 3 rings (SSSR count). The van der Waals surface area contributed by atoms with Crippen molar-refractivity contribution in [3.05, 3.63) is 48.0 Å². The molecule has 1 heterocycles. The summed E-state index contributed by atoms with van der Waals surface area (Å²) in [4.78, 5) is 1.50. The molecular weight excluding hydrogens is 301 g/mol. The van der Waals surface area contributed by atoms with Gasteiger partial charge in [0.1, 0.15) is 0 Å². The highest BCUT2D eigenvalue weighted by Gasteiger charge is 2.34.